The van der Waals surface area contributed by atoms with Crippen molar-refractivity contribution in [1.82, 2.24) is 15.0 Å². The van der Waals surface area contributed by atoms with E-state index in [1.165, 1.54) is 60.8 Å². The summed E-state index contributed by atoms with van der Waals surface area (Å²) in [5.41, 5.74) is 11.5. The van der Waals surface area contributed by atoms with Gasteiger partial charge in [0.05, 0.1) is 17.0 Å². The minimum atomic E-state index is -0.692. The smallest absolute Gasteiger partial charge is 0.164 e. The Kier molecular flexibility index (Phi) is 7.29. The van der Waals surface area contributed by atoms with Crippen LogP contribution < -0.4 is 0 Å². The summed E-state index contributed by atoms with van der Waals surface area (Å²) in [6, 6.07) is 56.3. The number of fused-ring (bicyclic) bond motifs is 3. The summed E-state index contributed by atoms with van der Waals surface area (Å²) in [4.78, 5) is 15.6. The van der Waals surface area contributed by atoms with Gasteiger partial charge in [-0.25, -0.2) is 15.0 Å². The predicted octanol–water partition coefficient (Wildman–Crippen LogP) is 11.6. The molecule has 1 atom stereocenters. The molecule has 4 bridgehead atoms. The van der Waals surface area contributed by atoms with Gasteiger partial charge in [-0.2, -0.15) is 5.26 Å². The Balaban J connectivity index is 1.18. The third-order valence-corrected chi connectivity index (χ3v) is 13.4. The molecule has 1 aromatic heterocycles. The summed E-state index contributed by atoms with van der Waals surface area (Å²) >= 11 is 0. The first-order valence-corrected chi connectivity index (χ1v) is 19.8. The van der Waals surface area contributed by atoms with Gasteiger partial charge in [0.1, 0.15) is 0 Å². The van der Waals surface area contributed by atoms with Gasteiger partial charge in [-0.15, -0.1) is 0 Å². The van der Waals surface area contributed by atoms with E-state index >= 15 is 0 Å². The molecule has 7 aromatic rings. The molecule has 0 amide bonds. The first-order chi connectivity index (χ1) is 27.1. The minimum Gasteiger partial charge on any atom is -0.208 e. The van der Waals surface area contributed by atoms with E-state index in [2.05, 4.69) is 115 Å². The lowest BCUT2D eigenvalue weighted by Gasteiger charge is -2.57. The van der Waals surface area contributed by atoms with Crippen molar-refractivity contribution in [3.8, 4) is 51.4 Å². The van der Waals surface area contributed by atoms with Gasteiger partial charge in [-0.05, 0) is 113 Å². The molecule has 0 saturated heterocycles. The number of hydrogen-bond donors (Lipinski definition) is 0. The van der Waals surface area contributed by atoms with Crippen LogP contribution in [-0.2, 0) is 10.8 Å². The molecule has 0 N–H and O–H groups in total. The Morgan fingerprint density at radius 2 is 0.982 bits per heavy atom. The number of benzene rings is 6. The molecule has 0 aliphatic heterocycles. The van der Waals surface area contributed by atoms with E-state index in [0.717, 1.165) is 51.1 Å². The molecular formula is C51H40N4. The van der Waals surface area contributed by atoms with Crippen molar-refractivity contribution in [2.75, 3.05) is 0 Å². The molecule has 55 heavy (non-hydrogen) atoms. The molecular weight excluding hydrogens is 669 g/mol. The van der Waals surface area contributed by atoms with Crippen LogP contribution in [-0.4, -0.2) is 15.0 Å². The van der Waals surface area contributed by atoms with Crippen molar-refractivity contribution in [2.45, 2.75) is 49.4 Å². The lowest BCUT2D eigenvalue weighted by atomic mass is 9.48. The van der Waals surface area contributed by atoms with Gasteiger partial charge >= 0.3 is 0 Å². The standard InChI is InChI=1S/C51H40N4/c52-32-33-19-24-45-44(28-33)42-17-10-18-43(49-54-47(37-11-4-1-5-12-37)53-48(55-49)38-13-6-2-7-14-38)46(42)51(45,40-15-8-3-9-16-40)41-22-20-39(21-23-41)50-29-34-25-35(30-50)27-36(26-34)31-50/h1-24,28,34-36H,25-27,29-31H2. The highest BCUT2D eigenvalue weighted by molar-refractivity contribution is 5.92. The zero-order valence-electron chi connectivity index (χ0n) is 30.7. The van der Waals surface area contributed by atoms with Gasteiger partial charge in [0.2, 0.25) is 0 Å². The highest BCUT2D eigenvalue weighted by atomic mass is 15.0. The molecule has 5 aliphatic carbocycles. The second-order valence-electron chi connectivity index (χ2n) is 16.5. The fraction of sp³-hybridized carbons (Fsp3) is 0.216. The summed E-state index contributed by atoms with van der Waals surface area (Å²) < 4.78 is 0. The summed E-state index contributed by atoms with van der Waals surface area (Å²) in [6.07, 6.45) is 8.31. The molecule has 4 saturated carbocycles. The summed E-state index contributed by atoms with van der Waals surface area (Å²) in [7, 11) is 0. The molecule has 264 valence electrons. The lowest BCUT2D eigenvalue weighted by molar-refractivity contribution is -0.00519. The molecule has 4 fully saturated rings. The fourth-order valence-electron chi connectivity index (χ4n) is 11.6. The van der Waals surface area contributed by atoms with Gasteiger partial charge in [0, 0.05) is 16.7 Å². The number of hydrogen-bond acceptors (Lipinski definition) is 4. The Morgan fingerprint density at radius 3 is 1.56 bits per heavy atom. The molecule has 4 heteroatoms. The average molecular weight is 709 g/mol. The molecule has 0 radical (unpaired) electrons. The number of nitriles is 1. The van der Waals surface area contributed by atoms with Crippen LogP contribution in [0.1, 0.15) is 71.9 Å². The largest absolute Gasteiger partial charge is 0.208 e. The van der Waals surface area contributed by atoms with Crippen LogP contribution in [0.2, 0.25) is 0 Å². The van der Waals surface area contributed by atoms with Crippen LogP contribution in [0.3, 0.4) is 0 Å². The average Bonchev–Trinajstić information content (AvgIpc) is 3.54. The molecule has 5 aliphatic rings. The zero-order chi connectivity index (χ0) is 36.6. The highest BCUT2D eigenvalue weighted by Crippen LogP contribution is 2.62. The molecule has 12 rings (SSSR count). The van der Waals surface area contributed by atoms with Crippen molar-refractivity contribution in [1.29, 1.82) is 5.26 Å². The second kappa shape index (κ2) is 12.4. The SMILES string of the molecule is N#Cc1ccc2c(c1)-c1cccc(-c3nc(-c4ccccc4)nc(-c4ccccc4)n3)c1C2(c1ccccc1)c1ccc(C23CC4CC(CC(C4)C2)C3)cc1. The molecule has 4 nitrogen and oxygen atoms in total. The van der Waals surface area contributed by atoms with Crippen LogP contribution in [0.4, 0.5) is 0 Å². The maximum Gasteiger partial charge on any atom is 0.164 e. The normalized spacial score (nSPS) is 24.2. The van der Waals surface area contributed by atoms with Crippen LogP contribution in [0.15, 0.2) is 152 Å². The van der Waals surface area contributed by atoms with Crippen molar-refractivity contribution in [2.24, 2.45) is 17.8 Å². The maximum absolute atomic E-state index is 10.2. The summed E-state index contributed by atoms with van der Waals surface area (Å²) in [6.45, 7) is 0. The van der Waals surface area contributed by atoms with E-state index in [0.29, 0.717) is 28.5 Å². The van der Waals surface area contributed by atoms with E-state index < -0.39 is 5.41 Å². The van der Waals surface area contributed by atoms with E-state index in [1.54, 1.807) is 0 Å². The van der Waals surface area contributed by atoms with Gasteiger partial charge in [0.25, 0.3) is 0 Å². The fourth-order valence-corrected chi connectivity index (χ4v) is 11.6. The van der Waals surface area contributed by atoms with Crippen molar-refractivity contribution < 1.29 is 0 Å². The minimum absolute atomic E-state index is 0.304. The van der Waals surface area contributed by atoms with Gasteiger partial charge in [-0.3, -0.25) is 0 Å². The van der Waals surface area contributed by atoms with Crippen molar-refractivity contribution >= 4 is 0 Å². The first-order valence-electron chi connectivity index (χ1n) is 19.8. The Hall–Kier alpha value is -6.18. The van der Waals surface area contributed by atoms with Gasteiger partial charge in [-0.1, -0.05) is 140 Å². The van der Waals surface area contributed by atoms with Crippen molar-refractivity contribution in [3.05, 3.63) is 185 Å². The molecule has 0 spiro atoms. The van der Waals surface area contributed by atoms with Crippen LogP contribution in [0.25, 0.3) is 45.3 Å². The Bertz CT molecular complexity index is 2530. The third-order valence-electron chi connectivity index (χ3n) is 13.4. The quantitative estimate of drug-likeness (QED) is 0.172. The first kappa shape index (κ1) is 32.3. The summed E-state index contributed by atoms with van der Waals surface area (Å²) in [5, 5.41) is 10.2. The Morgan fingerprint density at radius 1 is 0.473 bits per heavy atom. The van der Waals surface area contributed by atoms with Crippen LogP contribution in [0, 0.1) is 29.1 Å². The molecule has 6 aromatic carbocycles. The van der Waals surface area contributed by atoms with E-state index in [-0.39, 0.29) is 0 Å². The lowest BCUT2D eigenvalue weighted by Crippen LogP contribution is -2.48. The second-order valence-corrected chi connectivity index (χ2v) is 16.5. The number of aromatic nitrogens is 3. The van der Waals surface area contributed by atoms with Crippen LogP contribution >= 0.6 is 0 Å². The van der Waals surface area contributed by atoms with E-state index in [1.807, 2.05) is 42.5 Å². The monoisotopic (exact) mass is 708 g/mol. The number of nitrogens with zero attached hydrogens (tertiary/aromatic N) is 4. The highest BCUT2D eigenvalue weighted by Gasteiger charge is 2.52. The maximum atomic E-state index is 10.2. The van der Waals surface area contributed by atoms with Crippen LogP contribution in [0.5, 0.6) is 0 Å². The predicted molar refractivity (Wildman–Crippen MR) is 218 cm³/mol. The molecule has 1 unspecified atom stereocenters. The van der Waals surface area contributed by atoms with Gasteiger partial charge in [0.15, 0.2) is 17.5 Å². The topological polar surface area (TPSA) is 62.5 Å². The third kappa shape index (κ3) is 4.99. The van der Waals surface area contributed by atoms with E-state index in [4.69, 9.17) is 15.0 Å². The van der Waals surface area contributed by atoms with Gasteiger partial charge < -0.3 is 0 Å². The Labute approximate surface area is 322 Å². The van der Waals surface area contributed by atoms with E-state index in [9.17, 15) is 5.26 Å². The number of rotatable bonds is 6. The van der Waals surface area contributed by atoms with Crippen molar-refractivity contribution in [3.63, 3.8) is 0 Å². The summed E-state index contributed by atoms with van der Waals surface area (Å²) in [5.74, 6) is 4.55. The zero-order valence-corrected chi connectivity index (χ0v) is 30.7. The molecule has 1 heterocycles.